The minimum absolute atomic E-state index is 0.0643. The van der Waals surface area contributed by atoms with E-state index in [1.807, 2.05) is 9.80 Å². The number of halogens is 1. The maximum atomic E-state index is 13.6. The molecule has 2 aromatic heterocycles. The van der Waals surface area contributed by atoms with Crippen LogP contribution in [0.1, 0.15) is 35.6 Å². The number of H-pyrrole nitrogens is 1. The summed E-state index contributed by atoms with van der Waals surface area (Å²) < 4.78 is 11.7. The standard InChI is InChI=1S/C26H29ClN6O3/c27-21-9-29-25-24(21)31-22(10-30-25)16-7-15-3-5-32(26(34)33-11-18-2-1-17(33)13-36-18)12-20(15)19(8-16)23-14-35-6-4-28-23/h7-10,17-18,23,28H,1-6,11-14H2,(H,29,30)/t17-,18-,23+/m1/s1. The highest BCUT2D eigenvalue weighted by atomic mass is 35.5. The molecule has 0 saturated carbocycles. The van der Waals surface area contributed by atoms with Crippen LogP contribution >= 0.6 is 11.6 Å². The third kappa shape index (κ3) is 3.85. The lowest BCUT2D eigenvalue weighted by Gasteiger charge is -2.47. The van der Waals surface area contributed by atoms with E-state index in [-0.39, 0.29) is 24.2 Å². The Labute approximate surface area is 214 Å². The molecular formula is C26H29ClN6O3. The fourth-order valence-corrected chi connectivity index (χ4v) is 6.24. The molecule has 5 aliphatic heterocycles. The van der Waals surface area contributed by atoms with E-state index in [1.165, 1.54) is 16.7 Å². The van der Waals surface area contributed by atoms with Crippen molar-refractivity contribution < 1.29 is 14.3 Å². The van der Waals surface area contributed by atoms with Crippen LogP contribution < -0.4 is 5.32 Å². The zero-order valence-corrected chi connectivity index (χ0v) is 20.8. The molecule has 0 unspecified atom stereocenters. The van der Waals surface area contributed by atoms with Gasteiger partial charge in [0.25, 0.3) is 0 Å². The third-order valence-electron chi connectivity index (χ3n) is 8.01. The Morgan fingerprint density at radius 1 is 1.22 bits per heavy atom. The van der Waals surface area contributed by atoms with Crippen LogP contribution in [0.4, 0.5) is 4.79 Å². The Hall–Kier alpha value is -2.72. The van der Waals surface area contributed by atoms with Crippen LogP contribution in [-0.2, 0) is 22.4 Å². The lowest BCUT2D eigenvalue weighted by Crippen LogP contribution is -2.60. The number of amides is 2. The predicted octanol–water partition coefficient (Wildman–Crippen LogP) is 3.28. The number of carbonyl (C=O) groups is 1. The van der Waals surface area contributed by atoms with Crippen LogP contribution in [0.5, 0.6) is 0 Å². The zero-order valence-electron chi connectivity index (χ0n) is 20.0. The molecule has 2 amide bonds. The normalized spacial score (nSPS) is 25.9. The molecule has 188 valence electrons. The van der Waals surface area contributed by atoms with Crippen molar-refractivity contribution >= 4 is 28.8 Å². The average molecular weight is 509 g/mol. The number of morpholine rings is 2. The van der Waals surface area contributed by atoms with Gasteiger partial charge in [-0.3, -0.25) is 0 Å². The van der Waals surface area contributed by atoms with Crippen LogP contribution in [0.3, 0.4) is 0 Å². The molecule has 5 aliphatic rings. The number of rotatable bonds is 2. The van der Waals surface area contributed by atoms with Gasteiger partial charge in [-0.1, -0.05) is 11.6 Å². The average Bonchev–Trinajstić information content (AvgIpc) is 3.32. The molecule has 4 saturated heterocycles. The number of fused-ring (bicyclic) bond motifs is 5. The number of aromatic nitrogens is 3. The van der Waals surface area contributed by atoms with Crippen molar-refractivity contribution in [2.45, 2.75) is 44.0 Å². The number of hydrogen-bond acceptors (Lipinski definition) is 6. The highest BCUT2D eigenvalue weighted by Crippen LogP contribution is 2.35. The van der Waals surface area contributed by atoms with E-state index in [4.69, 9.17) is 26.1 Å². The first-order valence-electron chi connectivity index (χ1n) is 12.8. The maximum Gasteiger partial charge on any atom is 0.320 e. The molecule has 2 bridgehead atoms. The number of nitrogens with zero attached hydrogens (tertiary/aromatic N) is 4. The minimum atomic E-state index is 0.0643. The molecular weight excluding hydrogens is 480 g/mol. The van der Waals surface area contributed by atoms with Gasteiger partial charge < -0.3 is 29.6 Å². The first-order valence-corrected chi connectivity index (χ1v) is 13.2. The van der Waals surface area contributed by atoms with Crippen molar-refractivity contribution in [2.75, 3.05) is 39.5 Å². The summed E-state index contributed by atoms with van der Waals surface area (Å²) >= 11 is 6.32. The van der Waals surface area contributed by atoms with Gasteiger partial charge >= 0.3 is 6.03 Å². The number of ether oxygens (including phenoxy) is 2. The molecule has 0 radical (unpaired) electrons. The number of hydrogen-bond donors (Lipinski definition) is 2. The van der Waals surface area contributed by atoms with Crippen molar-refractivity contribution in [3.63, 3.8) is 0 Å². The maximum absolute atomic E-state index is 13.6. The van der Waals surface area contributed by atoms with E-state index in [2.05, 4.69) is 27.4 Å². The summed E-state index contributed by atoms with van der Waals surface area (Å²) in [6.07, 6.45) is 6.58. The Bertz CT molecular complexity index is 1310. The summed E-state index contributed by atoms with van der Waals surface area (Å²) in [6, 6.07) is 4.80. The van der Waals surface area contributed by atoms with E-state index in [0.29, 0.717) is 55.6 Å². The number of aromatic amines is 1. The minimum Gasteiger partial charge on any atom is -0.378 e. The highest BCUT2D eigenvalue weighted by Gasteiger charge is 2.40. The smallest absolute Gasteiger partial charge is 0.320 e. The molecule has 0 spiro atoms. The molecule has 8 rings (SSSR count). The van der Waals surface area contributed by atoms with Gasteiger partial charge in [-0.2, -0.15) is 0 Å². The molecule has 4 fully saturated rings. The van der Waals surface area contributed by atoms with Gasteiger partial charge in [0.1, 0.15) is 5.52 Å². The molecule has 3 atom stereocenters. The number of benzene rings is 1. The van der Waals surface area contributed by atoms with Crippen LogP contribution in [0, 0.1) is 0 Å². The summed E-state index contributed by atoms with van der Waals surface area (Å²) in [4.78, 5) is 30.0. The molecule has 1 aromatic carbocycles. The summed E-state index contributed by atoms with van der Waals surface area (Å²) in [5, 5.41) is 4.17. The quantitative estimate of drug-likeness (QED) is 0.551. The summed E-state index contributed by atoms with van der Waals surface area (Å²) in [5.74, 6) is 0. The molecule has 3 aromatic rings. The van der Waals surface area contributed by atoms with Crippen LogP contribution in [0.15, 0.2) is 24.5 Å². The Morgan fingerprint density at radius 3 is 2.94 bits per heavy atom. The van der Waals surface area contributed by atoms with Gasteiger partial charge in [0.15, 0.2) is 5.65 Å². The van der Waals surface area contributed by atoms with E-state index in [0.717, 1.165) is 37.1 Å². The van der Waals surface area contributed by atoms with Gasteiger partial charge in [-0.05, 0) is 48.1 Å². The molecule has 9 nitrogen and oxygen atoms in total. The predicted molar refractivity (Wildman–Crippen MR) is 135 cm³/mol. The number of urea groups is 1. The van der Waals surface area contributed by atoms with E-state index in [9.17, 15) is 4.79 Å². The van der Waals surface area contributed by atoms with Crippen molar-refractivity contribution in [2.24, 2.45) is 0 Å². The highest BCUT2D eigenvalue weighted by molar-refractivity contribution is 6.34. The fraction of sp³-hybridized carbons (Fsp3) is 0.500. The van der Waals surface area contributed by atoms with Crippen molar-refractivity contribution in [3.05, 3.63) is 46.2 Å². The Balaban J connectivity index is 1.24. The van der Waals surface area contributed by atoms with Crippen molar-refractivity contribution in [1.29, 1.82) is 0 Å². The molecule has 36 heavy (non-hydrogen) atoms. The van der Waals surface area contributed by atoms with Gasteiger partial charge in [-0.25, -0.2) is 14.8 Å². The van der Waals surface area contributed by atoms with E-state index in [1.54, 1.807) is 12.4 Å². The first kappa shape index (κ1) is 22.5. The zero-order chi connectivity index (χ0) is 24.2. The van der Waals surface area contributed by atoms with E-state index < -0.39 is 0 Å². The second-order valence-corrected chi connectivity index (χ2v) is 10.6. The third-order valence-corrected chi connectivity index (χ3v) is 8.30. The van der Waals surface area contributed by atoms with Gasteiger partial charge in [0, 0.05) is 37.9 Å². The Kier molecular flexibility index (Phi) is 5.61. The second-order valence-electron chi connectivity index (χ2n) is 10.2. The lowest BCUT2D eigenvalue weighted by molar-refractivity contribution is -0.0923. The fourth-order valence-electron chi connectivity index (χ4n) is 6.05. The molecule has 7 heterocycles. The molecule has 10 heteroatoms. The topological polar surface area (TPSA) is 95.6 Å². The van der Waals surface area contributed by atoms with Crippen molar-refractivity contribution in [3.8, 4) is 11.3 Å². The van der Waals surface area contributed by atoms with Crippen LogP contribution in [0.25, 0.3) is 22.4 Å². The van der Waals surface area contributed by atoms with Crippen molar-refractivity contribution in [1.82, 2.24) is 30.1 Å². The number of nitrogens with one attached hydrogen (secondary N) is 2. The monoisotopic (exact) mass is 508 g/mol. The number of piperidine rings is 1. The lowest BCUT2D eigenvalue weighted by atomic mass is 9.88. The molecule has 2 N–H and O–H groups in total. The SMILES string of the molecule is O=C(N1CCc2cc(-c3cnc4[nH]cc(Cl)c4n3)cc([C@@H]3COCCN3)c2C1)N1C[C@H]2CC[C@@H]1CO2. The van der Waals surface area contributed by atoms with Crippen LogP contribution in [0.2, 0.25) is 5.02 Å². The van der Waals surface area contributed by atoms with Crippen LogP contribution in [-0.4, -0.2) is 82.4 Å². The number of carbonyl (C=O) groups excluding carboxylic acids is 1. The largest absolute Gasteiger partial charge is 0.378 e. The Morgan fingerprint density at radius 2 is 2.17 bits per heavy atom. The van der Waals surface area contributed by atoms with E-state index >= 15 is 0 Å². The molecule has 0 aliphatic carbocycles. The summed E-state index contributed by atoms with van der Waals surface area (Å²) in [6.45, 7) is 4.78. The van der Waals surface area contributed by atoms with Gasteiger partial charge in [0.2, 0.25) is 0 Å². The summed E-state index contributed by atoms with van der Waals surface area (Å²) in [5.41, 5.74) is 6.78. The first-order chi connectivity index (χ1) is 17.6. The second kappa shape index (κ2) is 8.99. The van der Waals surface area contributed by atoms with Gasteiger partial charge in [-0.15, -0.1) is 0 Å². The van der Waals surface area contributed by atoms with Gasteiger partial charge in [0.05, 0.1) is 54.9 Å². The summed E-state index contributed by atoms with van der Waals surface area (Å²) in [7, 11) is 0.